The second kappa shape index (κ2) is 5.13. The van der Waals surface area contributed by atoms with Crippen LogP contribution in [0.25, 0.3) is 10.9 Å². The van der Waals surface area contributed by atoms with Crippen molar-refractivity contribution in [3.63, 3.8) is 0 Å². The summed E-state index contributed by atoms with van der Waals surface area (Å²) in [5.74, 6) is -0.146. The van der Waals surface area contributed by atoms with Crippen LogP contribution in [0, 0.1) is 6.92 Å². The van der Waals surface area contributed by atoms with Crippen LogP contribution in [0.2, 0.25) is 0 Å². The van der Waals surface area contributed by atoms with Crippen LogP contribution in [0.5, 0.6) is 0 Å². The number of rotatable bonds is 2. The van der Waals surface area contributed by atoms with E-state index in [9.17, 15) is 4.79 Å². The van der Waals surface area contributed by atoms with Gasteiger partial charge in [-0.15, -0.1) is 0 Å². The minimum absolute atomic E-state index is 0.146. The van der Waals surface area contributed by atoms with E-state index < -0.39 is 0 Å². The molecular weight excluding hydrogens is 248 g/mol. The van der Waals surface area contributed by atoms with E-state index in [1.807, 2.05) is 61.5 Å². The third kappa shape index (κ3) is 2.52. The van der Waals surface area contributed by atoms with Crippen molar-refractivity contribution in [3.8, 4) is 0 Å². The lowest BCUT2D eigenvalue weighted by atomic mass is 10.1. The van der Waals surface area contributed by atoms with Gasteiger partial charge in [-0.3, -0.25) is 9.78 Å². The molecule has 0 aliphatic heterocycles. The number of carbonyl (C=O) groups excluding carboxylic acids is 1. The van der Waals surface area contributed by atoms with E-state index in [-0.39, 0.29) is 5.91 Å². The van der Waals surface area contributed by atoms with E-state index in [4.69, 9.17) is 0 Å². The molecule has 3 aromatic rings. The Balaban J connectivity index is 1.86. The van der Waals surface area contributed by atoms with Crippen molar-refractivity contribution < 1.29 is 4.79 Å². The van der Waals surface area contributed by atoms with Crippen LogP contribution in [0.3, 0.4) is 0 Å². The van der Waals surface area contributed by atoms with Crippen LogP contribution in [-0.4, -0.2) is 10.9 Å². The zero-order valence-corrected chi connectivity index (χ0v) is 11.1. The van der Waals surface area contributed by atoms with Gasteiger partial charge in [-0.1, -0.05) is 35.9 Å². The number of para-hydroxylation sites is 1. The molecule has 0 aliphatic rings. The van der Waals surface area contributed by atoms with Crippen LogP contribution < -0.4 is 5.32 Å². The van der Waals surface area contributed by atoms with Crippen molar-refractivity contribution in [2.24, 2.45) is 0 Å². The number of fused-ring (bicyclic) bond motifs is 1. The second-order valence-corrected chi connectivity index (χ2v) is 4.74. The predicted octanol–water partition coefficient (Wildman–Crippen LogP) is 3.80. The predicted molar refractivity (Wildman–Crippen MR) is 80.9 cm³/mol. The smallest absolute Gasteiger partial charge is 0.257 e. The molecule has 0 bridgehead atoms. The lowest BCUT2D eigenvalue weighted by molar-refractivity contribution is 0.102. The van der Waals surface area contributed by atoms with Crippen molar-refractivity contribution in [2.75, 3.05) is 5.32 Å². The number of nitrogens with zero attached hydrogens (tertiary/aromatic N) is 1. The first-order valence-electron chi connectivity index (χ1n) is 6.45. The fraction of sp³-hybridized carbons (Fsp3) is 0.0588. The Hall–Kier alpha value is -2.68. The van der Waals surface area contributed by atoms with Crippen LogP contribution in [0.15, 0.2) is 60.8 Å². The van der Waals surface area contributed by atoms with Gasteiger partial charge < -0.3 is 5.32 Å². The van der Waals surface area contributed by atoms with Gasteiger partial charge in [-0.2, -0.15) is 0 Å². The largest absolute Gasteiger partial charge is 0.322 e. The van der Waals surface area contributed by atoms with Gasteiger partial charge in [-0.05, 0) is 31.2 Å². The van der Waals surface area contributed by atoms with Gasteiger partial charge in [0.1, 0.15) is 0 Å². The number of hydrogen-bond acceptors (Lipinski definition) is 2. The standard InChI is InChI=1S/C17H14N2O/c1-12-6-8-15(9-7-12)19-17(20)14-10-13-4-2-3-5-16(13)18-11-14/h2-11H,1H3,(H,19,20). The molecule has 2 aromatic carbocycles. The molecule has 0 saturated heterocycles. The summed E-state index contributed by atoms with van der Waals surface area (Å²) < 4.78 is 0. The minimum Gasteiger partial charge on any atom is -0.322 e. The number of nitrogens with one attached hydrogen (secondary N) is 1. The summed E-state index contributed by atoms with van der Waals surface area (Å²) >= 11 is 0. The SMILES string of the molecule is Cc1ccc(NC(=O)c2cnc3ccccc3c2)cc1. The first kappa shape index (κ1) is 12.4. The molecule has 0 fully saturated rings. The van der Waals surface area contributed by atoms with Crippen LogP contribution in [-0.2, 0) is 0 Å². The highest BCUT2D eigenvalue weighted by Gasteiger charge is 2.07. The molecule has 0 aliphatic carbocycles. The van der Waals surface area contributed by atoms with Crippen molar-refractivity contribution in [1.29, 1.82) is 0 Å². The van der Waals surface area contributed by atoms with E-state index in [1.165, 1.54) is 0 Å². The van der Waals surface area contributed by atoms with E-state index in [0.29, 0.717) is 5.56 Å². The third-order valence-electron chi connectivity index (χ3n) is 3.16. The molecule has 1 amide bonds. The summed E-state index contributed by atoms with van der Waals surface area (Å²) in [6, 6.07) is 17.3. The third-order valence-corrected chi connectivity index (χ3v) is 3.16. The van der Waals surface area contributed by atoms with Gasteiger partial charge in [0.15, 0.2) is 0 Å². The van der Waals surface area contributed by atoms with Gasteiger partial charge in [0, 0.05) is 17.3 Å². The topological polar surface area (TPSA) is 42.0 Å². The van der Waals surface area contributed by atoms with Gasteiger partial charge >= 0.3 is 0 Å². The highest BCUT2D eigenvalue weighted by atomic mass is 16.1. The monoisotopic (exact) mass is 262 g/mol. The first-order chi connectivity index (χ1) is 9.72. The number of hydrogen-bond donors (Lipinski definition) is 1. The number of anilines is 1. The molecule has 1 N–H and O–H groups in total. The van der Waals surface area contributed by atoms with Crippen molar-refractivity contribution in [2.45, 2.75) is 6.92 Å². The molecule has 0 unspecified atom stereocenters. The molecule has 1 heterocycles. The summed E-state index contributed by atoms with van der Waals surface area (Å²) in [4.78, 5) is 16.5. The molecule has 0 spiro atoms. The number of aryl methyl sites for hydroxylation is 1. The zero-order valence-electron chi connectivity index (χ0n) is 11.1. The van der Waals surface area contributed by atoms with Crippen LogP contribution in [0.1, 0.15) is 15.9 Å². The number of benzene rings is 2. The quantitative estimate of drug-likeness (QED) is 0.763. The maximum atomic E-state index is 12.2. The van der Waals surface area contributed by atoms with Gasteiger partial charge in [0.25, 0.3) is 5.91 Å². The Morgan fingerprint density at radius 2 is 1.80 bits per heavy atom. The summed E-state index contributed by atoms with van der Waals surface area (Å²) in [6.07, 6.45) is 1.60. The molecule has 1 aromatic heterocycles. The van der Waals surface area contributed by atoms with E-state index in [0.717, 1.165) is 22.2 Å². The summed E-state index contributed by atoms with van der Waals surface area (Å²) in [5, 5.41) is 3.83. The van der Waals surface area contributed by atoms with E-state index in [1.54, 1.807) is 6.20 Å². The molecular formula is C17H14N2O. The summed E-state index contributed by atoms with van der Waals surface area (Å²) in [6.45, 7) is 2.01. The number of pyridine rings is 1. The molecule has 98 valence electrons. The van der Waals surface area contributed by atoms with Gasteiger partial charge in [-0.25, -0.2) is 0 Å². The van der Waals surface area contributed by atoms with Crippen LogP contribution in [0.4, 0.5) is 5.69 Å². The molecule has 20 heavy (non-hydrogen) atoms. The maximum absolute atomic E-state index is 12.2. The Bertz CT molecular complexity index is 763. The summed E-state index contributed by atoms with van der Waals surface area (Å²) in [7, 11) is 0. The van der Waals surface area contributed by atoms with E-state index >= 15 is 0 Å². The maximum Gasteiger partial charge on any atom is 0.257 e. The Morgan fingerprint density at radius 1 is 1.05 bits per heavy atom. The normalized spacial score (nSPS) is 10.4. The molecule has 0 saturated carbocycles. The lowest BCUT2D eigenvalue weighted by Crippen LogP contribution is -2.12. The summed E-state index contributed by atoms with van der Waals surface area (Å²) in [5.41, 5.74) is 3.40. The molecule has 0 atom stereocenters. The molecule has 3 heteroatoms. The fourth-order valence-corrected chi connectivity index (χ4v) is 2.04. The molecule has 3 rings (SSSR count). The molecule has 0 radical (unpaired) electrons. The Morgan fingerprint density at radius 3 is 2.60 bits per heavy atom. The number of carbonyl (C=O) groups is 1. The number of amides is 1. The van der Waals surface area contributed by atoms with Gasteiger partial charge in [0.05, 0.1) is 11.1 Å². The van der Waals surface area contributed by atoms with Crippen molar-refractivity contribution >= 4 is 22.5 Å². The Labute approximate surface area is 117 Å². The van der Waals surface area contributed by atoms with Crippen molar-refractivity contribution in [1.82, 2.24) is 4.98 Å². The minimum atomic E-state index is -0.146. The zero-order chi connectivity index (χ0) is 13.9. The van der Waals surface area contributed by atoms with Crippen molar-refractivity contribution in [3.05, 3.63) is 71.9 Å². The number of aromatic nitrogens is 1. The highest BCUT2D eigenvalue weighted by molar-refractivity contribution is 6.05. The first-order valence-corrected chi connectivity index (χ1v) is 6.45. The average molecular weight is 262 g/mol. The lowest BCUT2D eigenvalue weighted by Gasteiger charge is -2.06. The van der Waals surface area contributed by atoms with E-state index in [2.05, 4.69) is 10.3 Å². The second-order valence-electron chi connectivity index (χ2n) is 4.74. The fourth-order valence-electron chi connectivity index (χ4n) is 2.04. The Kier molecular flexibility index (Phi) is 3.17. The molecule has 3 nitrogen and oxygen atoms in total. The average Bonchev–Trinajstić information content (AvgIpc) is 2.49. The van der Waals surface area contributed by atoms with Crippen LogP contribution >= 0.6 is 0 Å². The highest BCUT2D eigenvalue weighted by Crippen LogP contribution is 2.15. The van der Waals surface area contributed by atoms with Gasteiger partial charge in [0.2, 0.25) is 0 Å².